The largest absolute Gasteiger partial charge is 0.326 e. The van der Waals surface area contributed by atoms with E-state index in [0.29, 0.717) is 0 Å². The van der Waals surface area contributed by atoms with Gasteiger partial charge >= 0.3 is 0 Å². The summed E-state index contributed by atoms with van der Waals surface area (Å²) in [6.45, 7) is 2.06. The van der Waals surface area contributed by atoms with Crippen LogP contribution < -0.4 is 5.73 Å². The molecule has 2 unspecified atom stereocenters. The standard InChI is InChI=1S/C14H18N2/c1-11-5-7-12(8-6-11)14(10-15)9-3-2-4-13(14)16/h5-8,13H,2-4,9,16H2,1H3. The molecule has 0 bridgehead atoms. The number of nitrogens with two attached hydrogens (primary N) is 1. The van der Waals surface area contributed by atoms with Gasteiger partial charge in [-0.3, -0.25) is 0 Å². The molecule has 0 spiro atoms. The molecule has 1 aliphatic carbocycles. The summed E-state index contributed by atoms with van der Waals surface area (Å²) in [6.07, 6.45) is 4.11. The van der Waals surface area contributed by atoms with Crippen molar-refractivity contribution in [2.24, 2.45) is 5.73 Å². The summed E-state index contributed by atoms with van der Waals surface area (Å²) < 4.78 is 0. The molecule has 2 N–H and O–H groups in total. The highest BCUT2D eigenvalue weighted by molar-refractivity contribution is 5.37. The lowest BCUT2D eigenvalue weighted by molar-refractivity contribution is 0.314. The van der Waals surface area contributed by atoms with E-state index in [9.17, 15) is 5.26 Å². The zero-order valence-electron chi connectivity index (χ0n) is 9.74. The quantitative estimate of drug-likeness (QED) is 0.781. The molecular formula is C14H18N2. The first-order chi connectivity index (χ1) is 7.69. The average Bonchev–Trinajstić information content (AvgIpc) is 2.31. The predicted octanol–water partition coefficient (Wildman–Crippen LogP) is 2.66. The van der Waals surface area contributed by atoms with Gasteiger partial charge in [0.05, 0.1) is 11.5 Å². The second-order valence-electron chi connectivity index (χ2n) is 4.80. The molecule has 0 heterocycles. The molecule has 1 aromatic rings. The lowest BCUT2D eigenvalue weighted by Crippen LogP contribution is -2.46. The zero-order valence-corrected chi connectivity index (χ0v) is 9.74. The van der Waals surface area contributed by atoms with Crippen LogP contribution in [0.4, 0.5) is 0 Å². The van der Waals surface area contributed by atoms with Crippen molar-refractivity contribution in [2.45, 2.75) is 44.1 Å². The minimum atomic E-state index is -0.452. The molecule has 0 radical (unpaired) electrons. The minimum absolute atomic E-state index is 0.0195. The molecule has 1 saturated carbocycles. The summed E-state index contributed by atoms with van der Waals surface area (Å²) in [7, 11) is 0. The van der Waals surface area contributed by atoms with Crippen molar-refractivity contribution in [1.82, 2.24) is 0 Å². The predicted molar refractivity (Wildman–Crippen MR) is 64.9 cm³/mol. The molecule has 0 amide bonds. The van der Waals surface area contributed by atoms with Crippen LogP contribution in [0.1, 0.15) is 36.8 Å². The van der Waals surface area contributed by atoms with Crippen LogP contribution in [-0.4, -0.2) is 6.04 Å². The van der Waals surface area contributed by atoms with E-state index in [4.69, 9.17) is 5.73 Å². The number of hydrogen-bond donors (Lipinski definition) is 1. The van der Waals surface area contributed by atoms with Crippen molar-refractivity contribution >= 4 is 0 Å². The van der Waals surface area contributed by atoms with E-state index in [-0.39, 0.29) is 6.04 Å². The number of nitrogens with zero attached hydrogens (tertiary/aromatic N) is 1. The molecular weight excluding hydrogens is 196 g/mol. The molecule has 1 fully saturated rings. The van der Waals surface area contributed by atoms with Crippen LogP contribution >= 0.6 is 0 Å². The maximum Gasteiger partial charge on any atom is 0.0972 e. The number of aryl methyl sites for hydroxylation is 1. The van der Waals surface area contributed by atoms with Crippen molar-refractivity contribution < 1.29 is 0 Å². The Balaban J connectivity index is 2.41. The Hall–Kier alpha value is -1.33. The van der Waals surface area contributed by atoms with E-state index >= 15 is 0 Å². The van der Waals surface area contributed by atoms with Crippen LogP contribution in [0.3, 0.4) is 0 Å². The number of benzene rings is 1. The van der Waals surface area contributed by atoms with E-state index in [1.807, 2.05) is 0 Å². The lowest BCUT2D eigenvalue weighted by Gasteiger charge is -2.37. The third-order valence-electron chi connectivity index (χ3n) is 3.74. The SMILES string of the molecule is Cc1ccc(C2(C#N)CCCCC2N)cc1. The summed E-state index contributed by atoms with van der Waals surface area (Å²) in [5, 5.41) is 9.50. The number of rotatable bonds is 1. The number of nitriles is 1. The first kappa shape index (κ1) is 11.2. The third-order valence-corrected chi connectivity index (χ3v) is 3.74. The van der Waals surface area contributed by atoms with E-state index in [1.54, 1.807) is 0 Å². The Labute approximate surface area is 97.1 Å². The molecule has 16 heavy (non-hydrogen) atoms. The number of hydrogen-bond acceptors (Lipinski definition) is 2. The smallest absolute Gasteiger partial charge is 0.0972 e. The molecule has 0 aromatic heterocycles. The van der Waals surface area contributed by atoms with E-state index in [1.165, 1.54) is 5.56 Å². The molecule has 2 nitrogen and oxygen atoms in total. The van der Waals surface area contributed by atoms with Crippen molar-refractivity contribution in [1.29, 1.82) is 5.26 Å². The topological polar surface area (TPSA) is 49.8 Å². The van der Waals surface area contributed by atoms with Gasteiger partial charge in [-0.2, -0.15) is 5.26 Å². The fraction of sp³-hybridized carbons (Fsp3) is 0.500. The minimum Gasteiger partial charge on any atom is -0.326 e. The van der Waals surface area contributed by atoms with Gasteiger partial charge in [-0.15, -0.1) is 0 Å². The van der Waals surface area contributed by atoms with Gasteiger partial charge in [-0.25, -0.2) is 0 Å². The molecule has 2 rings (SSSR count). The van der Waals surface area contributed by atoms with Crippen molar-refractivity contribution in [3.8, 4) is 6.07 Å². The van der Waals surface area contributed by atoms with Gasteiger partial charge in [0, 0.05) is 6.04 Å². The Bertz CT molecular complexity index is 402. The highest BCUT2D eigenvalue weighted by Crippen LogP contribution is 2.38. The van der Waals surface area contributed by atoms with Gasteiger partial charge in [-0.1, -0.05) is 42.7 Å². The van der Waals surface area contributed by atoms with E-state index in [0.717, 1.165) is 31.2 Å². The fourth-order valence-corrected chi connectivity index (χ4v) is 2.61. The summed E-state index contributed by atoms with van der Waals surface area (Å²) in [5.41, 5.74) is 8.03. The van der Waals surface area contributed by atoms with Gasteiger partial charge < -0.3 is 5.73 Å². The van der Waals surface area contributed by atoms with Crippen molar-refractivity contribution in [3.63, 3.8) is 0 Å². The molecule has 1 aliphatic rings. The Kier molecular flexibility index (Phi) is 2.98. The summed E-state index contributed by atoms with van der Waals surface area (Å²) in [4.78, 5) is 0. The molecule has 84 valence electrons. The Morgan fingerprint density at radius 2 is 2.00 bits per heavy atom. The first-order valence-corrected chi connectivity index (χ1v) is 5.93. The highest BCUT2D eigenvalue weighted by Gasteiger charge is 2.40. The van der Waals surface area contributed by atoms with E-state index in [2.05, 4.69) is 37.3 Å². The molecule has 0 saturated heterocycles. The van der Waals surface area contributed by atoms with Gasteiger partial charge in [0.25, 0.3) is 0 Å². The maximum absolute atomic E-state index is 9.50. The normalized spacial score (nSPS) is 29.7. The second kappa shape index (κ2) is 4.27. The summed E-state index contributed by atoms with van der Waals surface area (Å²) in [6, 6.07) is 10.7. The van der Waals surface area contributed by atoms with Crippen LogP contribution in [-0.2, 0) is 5.41 Å². The Morgan fingerprint density at radius 1 is 1.31 bits per heavy atom. The van der Waals surface area contributed by atoms with Crippen LogP contribution in [0.2, 0.25) is 0 Å². The van der Waals surface area contributed by atoms with Gasteiger partial charge in [-0.05, 0) is 25.3 Å². The van der Waals surface area contributed by atoms with Crippen LogP contribution in [0, 0.1) is 18.3 Å². The lowest BCUT2D eigenvalue weighted by atomic mass is 9.67. The summed E-state index contributed by atoms with van der Waals surface area (Å²) >= 11 is 0. The van der Waals surface area contributed by atoms with Crippen molar-refractivity contribution in [3.05, 3.63) is 35.4 Å². The van der Waals surface area contributed by atoms with Crippen LogP contribution in [0.5, 0.6) is 0 Å². The van der Waals surface area contributed by atoms with Crippen molar-refractivity contribution in [2.75, 3.05) is 0 Å². The fourth-order valence-electron chi connectivity index (χ4n) is 2.61. The van der Waals surface area contributed by atoms with Gasteiger partial charge in [0.1, 0.15) is 0 Å². The van der Waals surface area contributed by atoms with Gasteiger partial charge in [0.2, 0.25) is 0 Å². The molecule has 2 heteroatoms. The molecule has 1 aromatic carbocycles. The molecule has 2 atom stereocenters. The monoisotopic (exact) mass is 214 g/mol. The highest BCUT2D eigenvalue weighted by atomic mass is 14.7. The van der Waals surface area contributed by atoms with Gasteiger partial charge in [0.15, 0.2) is 0 Å². The van der Waals surface area contributed by atoms with E-state index < -0.39 is 5.41 Å². The maximum atomic E-state index is 9.50. The average molecular weight is 214 g/mol. The summed E-state index contributed by atoms with van der Waals surface area (Å²) in [5.74, 6) is 0. The second-order valence-corrected chi connectivity index (χ2v) is 4.80. The third kappa shape index (κ3) is 1.72. The van der Waals surface area contributed by atoms with Crippen LogP contribution in [0.25, 0.3) is 0 Å². The zero-order chi connectivity index (χ0) is 11.6. The molecule has 0 aliphatic heterocycles. The first-order valence-electron chi connectivity index (χ1n) is 5.93. The van der Waals surface area contributed by atoms with Crippen LogP contribution in [0.15, 0.2) is 24.3 Å². The Morgan fingerprint density at radius 3 is 2.56 bits per heavy atom.